The third-order valence-electron chi connectivity index (χ3n) is 3.81. The van der Waals surface area contributed by atoms with Crippen molar-refractivity contribution in [2.75, 3.05) is 31.6 Å². The molecular formula is C14H17N5O2. The first-order valence-corrected chi connectivity index (χ1v) is 6.96. The molecule has 0 amide bonds. The molecule has 1 fully saturated rings. The van der Waals surface area contributed by atoms with Crippen LogP contribution in [0.1, 0.15) is 6.42 Å². The molecule has 0 aliphatic carbocycles. The van der Waals surface area contributed by atoms with Gasteiger partial charge in [-0.15, -0.1) is 0 Å². The Kier molecular flexibility index (Phi) is 3.66. The van der Waals surface area contributed by atoms with Gasteiger partial charge in [-0.2, -0.15) is 0 Å². The maximum absolute atomic E-state index is 10.8. The van der Waals surface area contributed by atoms with Gasteiger partial charge in [-0.05, 0) is 31.5 Å². The van der Waals surface area contributed by atoms with Crippen LogP contribution in [-0.4, -0.2) is 41.6 Å². The fourth-order valence-corrected chi connectivity index (χ4v) is 2.64. The fourth-order valence-electron chi connectivity index (χ4n) is 2.64. The van der Waals surface area contributed by atoms with Crippen molar-refractivity contribution in [1.29, 1.82) is 0 Å². The highest BCUT2D eigenvalue weighted by Crippen LogP contribution is 2.21. The molecule has 7 nitrogen and oxygen atoms in total. The lowest BCUT2D eigenvalue weighted by Gasteiger charge is -2.21. The van der Waals surface area contributed by atoms with Gasteiger partial charge in [0.05, 0.1) is 22.2 Å². The van der Waals surface area contributed by atoms with Gasteiger partial charge in [-0.3, -0.25) is 15.1 Å². The highest BCUT2D eigenvalue weighted by molar-refractivity contribution is 5.78. The van der Waals surface area contributed by atoms with Gasteiger partial charge in [0.1, 0.15) is 5.82 Å². The number of fused-ring (bicyclic) bond motifs is 1. The van der Waals surface area contributed by atoms with Crippen LogP contribution in [0.25, 0.3) is 11.0 Å². The van der Waals surface area contributed by atoms with Crippen LogP contribution in [0.15, 0.2) is 24.4 Å². The minimum Gasteiger partial charge on any atom is -0.358 e. The lowest BCUT2D eigenvalue weighted by Crippen LogP contribution is -2.27. The number of nitrogens with one attached hydrogen (secondary N) is 1. The summed E-state index contributed by atoms with van der Waals surface area (Å²) in [7, 11) is 2.00. The Morgan fingerprint density at radius 3 is 3.05 bits per heavy atom. The average molecular weight is 287 g/mol. The lowest BCUT2D eigenvalue weighted by molar-refractivity contribution is -0.384. The van der Waals surface area contributed by atoms with Gasteiger partial charge < -0.3 is 10.2 Å². The summed E-state index contributed by atoms with van der Waals surface area (Å²) in [5, 5.41) is 14.1. The largest absolute Gasteiger partial charge is 0.358 e. The number of aromatic nitrogens is 2. The molecule has 1 aliphatic heterocycles. The molecule has 2 heterocycles. The number of nitrogens with zero attached hydrogens (tertiary/aromatic N) is 4. The third kappa shape index (κ3) is 2.92. The predicted molar refractivity (Wildman–Crippen MR) is 80.4 cm³/mol. The van der Waals surface area contributed by atoms with E-state index in [4.69, 9.17) is 0 Å². The van der Waals surface area contributed by atoms with Crippen molar-refractivity contribution in [1.82, 2.24) is 15.3 Å². The first-order valence-electron chi connectivity index (χ1n) is 6.96. The number of rotatable bonds is 4. The van der Waals surface area contributed by atoms with Crippen LogP contribution in [0.4, 0.5) is 11.5 Å². The zero-order valence-corrected chi connectivity index (χ0v) is 11.8. The molecule has 1 aromatic heterocycles. The number of anilines is 1. The van der Waals surface area contributed by atoms with E-state index in [0.29, 0.717) is 17.0 Å². The molecule has 3 rings (SSSR count). The smallest absolute Gasteiger partial charge is 0.271 e. The van der Waals surface area contributed by atoms with Crippen molar-refractivity contribution in [2.45, 2.75) is 6.42 Å². The Morgan fingerprint density at radius 2 is 2.33 bits per heavy atom. The third-order valence-corrected chi connectivity index (χ3v) is 3.81. The molecule has 21 heavy (non-hydrogen) atoms. The van der Waals surface area contributed by atoms with Gasteiger partial charge in [0.2, 0.25) is 0 Å². The monoisotopic (exact) mass is 287 g/mol. The summed E-state index contributed by atoms with van der Waals surface area (Å²) in [6.45, 7) is 3.04. The molecule has 110 valence electrons. The molecule has 1 aliphatic rings. The highest BCUT2D eigenvalue weighted by atomic mass is 16.6. The normalized spacial score (nSPS) is 18.0. The Hall–Kier alpha value is -2.28. The van der Waals surface area contributed by atoms with Crippen molar-refractivity contribution in [3.63, 3.8) is 0 Å². The van der Waals surface area contributed by atoms with Crippen molar-refractivity contribution >= 4 is 22.5 Å². The summed E-state index contributed by atoms with van der Waals surface area (Å²) in [5.74, 6) is 1.42. The van der Waals surface area contributed by atoms with Gasteiger partial charge in [0.25, 0.3) is 5.69 Å². The Bertz CT molecular complexity index is 669. The van der Waals surface area contributed by atoms with Crippen molar-refractivity contribution in [3.8, 4) is 0 Å². The van der Waals surface area contributed by atoms with Crippen molar-refractivity contribution < 1.29 is 4.92 Å². The number of nitro benzene ring substituents is 1. The highest BCUT2D eigenvalue weighted by Gasteiger charge is 2.17. The maximum Gasteiger partial charge on any atom is 0.271 e. The van der Waals surface area contributed by atoms with E-state index in [2.05, 4.69) is 20.2 Å². The minimum absolute atomic E-state index is 0.0370. The first-order chi connectivity index (χ1) is 10.1. The second kappa shape index (κ2) is 5.61. The van der Waals surface area contributed by atoms with E-state index >= 15 is 0 Å². The fraction of sp³-hybridized carbons (Fsp3) is 0.429. The quantitative estimate of drug-likeness (QED) is 0.679. The molecule has 0 radical (unpaired) electrons. The van der Waals surface area contributed by atoms with E-state index in [1.807, 2.05) is 7.05 Å². The minimum atomic E-state index is -0.422. The zero-order chi connectivity index (χ0) is 14.8. The summed E-state index contributed by atoms with van der Waals surface area (Å²) in [6.07, 6.45) is 2.85. The first kappa shape index (κ1) is 13.7. The summed E-state index contributed by atoms with van der Waals surface area (Å²) >= 11 is 0. The molecule has 1 unspecified atom stereocenters. The maximum atomic E-state index is 10.8. The van der Waals surface area contributed by atoms with E-state index < -0.39 is 4.92 Å². The van der Waals surface area contributed by atoms with E-state index in [9.17, 15) is 10.1 Å². The van der Waals surface area contributed by atoms with Crippen LogP contribution in [-0.2, 0) is 0 Å². The van der Waals surface area contributed by atoms with Gasteiger partial charge in [-0.1, -0.05) is 0 Å². The second-order valence-electron chi connectivity index (χ2n) is 5.40. The van der Waals surface area contributed by atoms with E-state index in [-0.39, 0.29) is 5.69 Å². The molecule has 0 bridgehead atoms. The predicted octanol–water partition coefficient (Wildman–Crippen LogP) is 1.58. The zero-order valence-electron chi connectivity index (χ0n) is 11.8. The van der Waals surface area contributed by atoms with Crippen LogP contribution in [0.2, 0.25) is 0 Å². The van der Waals surface area contributed by atoms with Gasteiger partial charge >= 0.3 is 0 Å². The topological polar surface area (TPSA) is 84.2 Å². The average Bonchev–Trinajstić information content (AvgIpc) is 2.99. The van der Waals surface area contributed by atoms with E-state index in [1.165, 1.54) is 18.6 Å². The second-order valence-corrected chi connectivity index (χ2v) is 5.40. The van der Waals surface area contributed by atoms with Crippen LogP contribution in [0.5, 0.6) is 0 Å². The van der Waals surface area contributed by atoms with Crippen LogP contribution < -0.4 is 10.2 Å². The van der Waals surface area contributed by atoms with Crippen LogP contribution >= 0.6 is 0 Å². The lowest BCUT2D eigenvalue weighted by atomic mass is 10.1. The van der Waals surface area contributed by atoms with Crippen LogP contribution in [0, 0.1) is 16.0 Å². The summed E-state index contributed by atoms with van der Waals surface area (Å²) in [6, 6.07) is 4.56. The van der Waals surface area contributed by atoms with E-state index in [1.54, 1.807) is 12.3 Å². The number of benzene rings is 1. The molecular weight excluding hydrogens is 270 g/mol. The SMILES string of the molecule is CN(CC1CCNC1)c1cnc2cc([N+](=O)[O-])ccc2n1. The molecule has 7 heteroatoms. The number of non-ortho nitro benzene ring substituents is 1. The van der Waals surface area contributed by atoms with Gasteiger partial charge in [-0.25, -0.2) is 4.98 Å². The summed E-state index contributed by atoms with van der Waals surface area (Å²) in [5.41, 5.74) is 1.26. The molecule has 0 saturated carbocycles. The Labute approximate surface area is 122 Å². The van der Waals surface area contributed by atoms with Crippen LogP contribution in [0.3, 0.4) is 0 Å². The Morgan fingerprint density at radius 1 is 1.48 bits per heavy atom. The summed E-state index contributed by atoms with van der Waals surface area (Å²) in [4.78, 5) is 21.3. The van der Waals surface area contributed by atoms with Crippen molar-refractivity contribution in [2.24, 2.45) is 5.92 Å². The van der Waals surface area contributed by atoms with E-state index in [0.717, 1.165) is 25.5 Å². The standard InChI is InChI=1S/C14H17N5O2/c1-18(9-10-4-5-15-7-10)14-8-16-13-6-11(19(20)21)2-3-12(13)17-14/h2-3,6,8,10,15H,4-5,7,9H2,1H3. The molecule has 0 spiro atoms. The molecule has 1 N–H and O–H groups in total. The Balaban J connectivity index is 1.83. The summed E-state index contributed by atoms with van der Waals surface area (Å²) < 4.78 is 0. The number of hydrogen-bond acceptors (Lipinski definition) is 6. The molecule has 1 aromatic carbocycles. The molecule has 1 atom stereocenters. The number of hydrogen-bond donors (Lipinski definition) is 1. The number of nitro groups is 1. The molecule has 1 saturated heterocycles. The molecule has 2 aromatic rings. The van der Waals surface area contributed by atoms with Crippen molar-refractivity contribution in [3.05, 3.63) is 34.5 Å². The van der Waals surface area contributed by atoms with Gasteiger partial charge in [0, 0.05) is 25.7 Å². The van der Waals surface area contributed by atoms with Gasteiger partial charge in [0.15, 0.2) is 0 Å².